The van der Waals surface area contributed by atoms with Gasteiger partial charge in [0, 0.05) is 31.6 Å². The lowest BCUT2D eigenvalue weighted by Gasteiger charge is -2.58. The Morgan fingerprint density at radius 3 is 2.40 bits per heavy atom. The van der Waals surface area contributed by atoms with Gasteiger partial charge in [-0.05, 0) is 27.7 Å². The molecule has 3 heterocycles. The van der Waals surface area contributed by atoms with Gasteiger partial charge in [-0.25, -0.2) is 23.2 Å². The maximum Gasteiger partial charge on any atom is 0.410 e. The normalized spacial score (nSPS) is 20.1. The molecule has 0 saturated carbocycles. The molecule has 8 nitrogen and oxygen atoms in total. The van der Waals surface area contributed by atoms with E-state index in [9.17, 15) is 13.2 Å². The number of carbonyl (C=O) groups excluding carboxylic acids is 1. The van der Waals surface area contributed by atoms with Crippen molar-refractivity contribution in [2.24, 2.45) is 5.41 Å². The molecule has 0 bridgehead atoms. The zero-order valence-electron chi connectivity index (χ0n) is 14.6. The summed E-state index contributed by atoms with van der Waals surface area (Å²) in [6.45, 7) is 8.72. The Morgan fingerprint density at radius 2 is 1.88 bits per heavy atom. The van der Waals surface area contributed by atoms with E-state index in [2.05, 4.69) is 9.97 Å². The van der Waals surface area contributed by atoms with Crippen molar-refractivity contribution in [1.29, 1.82) is 0 Å². The summed E-state index contributed by atoms with van der Waals surface area (Å²) in [5.74, 6) is 0. The lowest BCUT2D eigenvalue weighted by atomic mass is 9.75. The number of nitrogens with zero attached hydrogens (tertiary/aromatic N) is 4. The molecular weight excluding hydrogens is 368 g/mol. The standard InChI is InChI=1S/C15H21ClN4O4S/c1-10-12(17-5-11(16)18-10)25(22,23)20-8-15(9-20)6-19(7-15)13(21)24-14(2,3)4/h5H,6-9H2,1-4H3. The summed E-state index contributed by atoms with van der Waals surface area (Å²) < 4.78 is 32.0. The average molecular weight is 389 g/mol. The second-order valence-electron chi connectivity index (χ2n) is 7.69. The summed E-state index contributed by atoms with van der Waals surface area (Å²) >= 11 is 5.73. The molecule has 1 aromatic rings. The monoisotopic (exact) mass is 388 g/mol. The number of likely N-dealkylation sites (tertiary alicyclic amines) is 1. The van der Waals surface area contributed by atoms with Gasteiger partial charge in [0.1, 0.15) is 10.8 Å². The number of hydrogen-bond donors (Lipinski definition) is 0. The summed E-state index contributed by atoms with van der Waals surface area (Å²) in [4.78, 5) is 21.5. The third kappa shape index (κ3) is 3.45. The van der Waals surface area contributed by atoms with Crippen LogP contribution in [-0.2, 0) is 14.8 Å². The summed E-state index contributed by atoms with van der Waals surface area (Å²) in [7, 11) is -3.70. The van der Waals surface area contributed by atoms with Gasteiger partial charge in [-0.15, -0.1) is 0 Å². The predicted molar refractivity (Wildman–Crippen MR) is 90.8 cm³/mol. The van der Waals surface area contributed by atoms with E-state index < -0.39 is 15.6 Å². The van der Waals surface area contributed by atoms with E-state index >= 15 is 0 Å². The molecule has 0 atom stereocenters. The van der Waals surface area contributed by atoms with E-state index in [-0.39, 0.29) is 27.4 Å². The molecule has 2 aliphatic heterocycles. The lowest BCUT2D eigenvalue weighted by molar-refractivity contribution is -0.0840. The Bertz CT molecular complexity index is 807. The van der Waals surface area contributed by atoms with Crippen LogP contribution in [0.4, 0.5) is 4.79 Å². The van der Waals surface area contributed by atoms with Gasteiger partial charge >= 0.3 is 6.09 Å². The van der Waals surface area contributed by atoms with E-state index in [0.717, 1.165) is 0 Å². The van der Waals surface area contributed by atoms with Gasteiger partial charge < -0.3 is 9.64 Å². The molecule has 1 amide bonds. The molecule has 0 aliphatic carbocycles. The van der Waals surface area contributed by atoms with Crippen molar-refractivity contribution in [3.8, 4) is 0 Å². The highest BCUT2D eigenvalue weighted by atomic mass is 35.5. The summed E-state index contributed by atoms with van der Waals surface area (Å²) in [6, 6.07) is 0. The minimum absolute atomic E-state index is 0.0740. The molecule has 0 aromatic carbocycles. The maximum absolute atomic E-state index is 12.7. The van der Waals surface area contributed by atoms with Crippen molar-refractivity contribution < 1.29 is 17.9 Å². The zero-order chi connectivity index (χ0) is 18.6. The van der Waals surface area contributed by atoms with Gasteiger partial charge in [0.15, 0.2) is 5.03 Å². The van der Waals surface area contributed by atoms with Crippen molar-refractivity contribution in [3.05, 3.63) is 17.0 Å². The minimum Gasteiger partial charge on any atom is -0.444 e. The van der Waals surface area contributed by atoms with Crippen LogP contribution in [0.2, 0.25) is 5.15 Å². The minimum atomic E-state index is -3.70. The number of rotatable bonds is 2. The summed E-state index contributed by atoms with van der Waals surface area (Å²) in [5, 5.41) is 0.0820. The van der Waals surface area contributed by atoms with Crippen LogP contribution in [0.3, 0.4) is 0 Å². The third-order valence-electron chi connectivity index (χ3n) is 4.18. The van der Waals surface area contributed by atoms with E-state index in [1.165, 1.54) is 10.5 Å². The molecular formula is C15H21ClN4O4S. The fourth-order valence-corrected chi connectivity index (χ4v) is 5.02. The smallest absolute Gasteiger partial charge is 0.410 e. The van der Waals surface area contributed by atoms with Crippen LogP contribution >= 0.6 is 11.6 Å². The van der Waals surface area contributed by atoms with Gasteiger partial charge in [0.25, 0.3) is 10.0 Å². The fourth-order valence-electron chi connectivity index (χ4n) is 3.11. The average Bonchev–Trinajstić information content (AvgIpc) is 2.31. The van der Waals surface area contributed by atoms with Crippen LogP contribution in [0.25, 0.3) is 0 Å². The van der Waals surface area contributed by atoms with Crippen molar-refractivity contribution in [2.45, 2.75) is 38.3 Å². The largest absolute Gasteiger partial charge is 0.444 e. The first-order valence-electron chi connectivity index (χ1n) is 7.89. The summed E-state index contributed by atoms with van der Waals surface area (Å²) in [5.41, 5.74) is -0.449. The van der Waals surface area contributed by atoms with E-state index in [0.29, 0.717) is 26.2 Å². The van der Waals surface area contributed by atoms with Crippen LogP contribution < -0.4 is 0 Å². The fraction of sp³-hybridized carbons (Fsp3) is 0.667. The zero-order valence-corrected chi connectivity index (χ0v) is 16.2. The van der Waals surface area contributed by atoms with Crippen LogP contribution in [0.5, 0.6) is 0 Å². The second-order valence-corrected chi connectivity index (χ2v) is 9.93. The number of hydrogen-bond acceptors (Lipinski definition) is 6. The van der Waals surface area contributed by atoms with Gasteiger partial charge in [-0.3, -0.25) is 0 Å². The Balaban J connectivity index is 1.61. The Kier molecular flexibility index (Phi) is 4.24. The molecule has 25 heavy (non-hydrogen) atoms. The second kappa shape index (κ2) is 5.78. The van der Waals surface area contributed by atoms with Crippen LogP contribution in [0.1, 0.15) is 26.5 Å². The number of aryl methyl sites for hydroxylation is 1. The highest BCUT2D eigenvalue weighted by molar-refractivity contribution is 7.89. The Hall–Kier alpha value is -1.45. The molecule has 2 fully saturated rings. The van der Waals surface area contributed by atoms with Gasteiger partial charge in [-0.1, -0.05) is 11.6 Å². The molecule has 3 rings (SSSR count). The van der Waals surface area contributed by atoms with Crippen molar-refractivity contribution in [1.82, 2.24) is 19.2 Å². The van der Waals surface area contributed by atoms with Crippen LogP contribution in [-0.4, -0.2) is 65.5 Å². The van der Waals surface area contributed by atoms with Crippen molar-refractivity contribution >= 4 is 27.7 Å². The number of amides is 1. The van der Waals surface area contributed by atoms with E-state index in [1.807, 2.05) is 20.8 Å². The van der Waals surface area contributed by atoms with Crippen molar-refractivity contribution in [2.75, 3.05) is 26.2 Å². The molecule has 2 aliphatic rings. The number of sulfonamides is 1. The number of aromatic nitrogens is 2. The molecule has 10 heteroatoms. The number of halogens is 1. The summed E-state index contributed by atoms with van der Waals surface area (Å²) in [6.07, 6.45) is 0.865. The van der Waals surface area contributed by atoms with Crippen LogP contribution in [0.15, 0.2) is 11.2 Å². The Morgan fingerprint density at radius 1 is 1.28 bits per heavy atom. The topological polar surface area (TPSA) is 92.7 Å². The first-order chi connectivity index (χ1) is 11.4. The van der Waals surface area contributed by atoms with E-state index in [4.69, 9.17) is 16.3 Å². The van der Waals surface area contributed by atoms with Crippen LogP contribution in [0, 0.1) is 12.3 Å². The maximum atomic E-state index is 12.7. The molecule has 138 valence electrons. The van der Waals surface area contributed by atoms with E-state index in [1.54, 1.807) is 11.8 Å². The first kappa shape index (κ1) is 18.3. The number of carbonyl (C=O) groups is 1. The molecule has 1 spiro atoms. The molecule has 1 aromatic heterocycles. The third-order valence-corrected chi connectivity index (χ3v) is 6.19. The SMILES string of the molecule is Cc1nc(Cl)cnc1S(=O)(=O)N1CC2(CN(C(=O)OC(C)(C)C)C2)C1. The highest BCUT2D eigenvalue weighted by Gasteiger charge is 2.57. The molecule has 0 radical (unpaired) electrons. The highest BCUT2D eigenvalue weighted by Crippen LogP contribution is 2.42. The molecule has 2 saturated heterocycles. The Labute approximate surface area is 152 Å². The molecule has 0 N–H and O–H groups in total. The van der Waals surface area contributed by atoms with Gasteiger partial charge in [0.2, 0.25) is 0 Å². The predicted octanol–water partition coefficient (Wildman–Crippen LogP) is 1.68. The number of ether oxygens (including phenoxy) is 1. The molecule has 0 unspecified atom stereocenters. The lowest BCUT2D eigenvalue weighted by Crippen LogP contribution is -2.73. The van der Waals surface area contributed by atoms with Crippen molar-refractivity contribution in [3.63, 3.8) is 0 Å². The van der Waals surface area contributed by atoms with Gasteiger partial charge in [0.05, 0.1) is 11.9 Å². The van der Waals surface area contributed by atoms with Gasteiger partial charge in [-0.2, -0.15) is 4.31 Å². The first-order valence-corrected chi connectivity index (χ1v) is 9.71. The quantitative estimate of drug-likeness (QED) is 0.765.